The number of benzene rings is 1. The highest BCUT2D eigenvalue weighted by molar-refractivity contribution is 6.39. The van der Waals surface area contributed by atoms with Crippen molar-refractivity contribution in [2.24, 2.45) is 5.92 Å². The molecule has 134 valence electrons. The zero-order valence-corrected chi connectivity index (χ0v) is 15.5. The third-order valence-corrected chi connectivity index (χ3v) is 4.95. The molecule has 0 unspecified atom stereocenters. The van der Waals surface area contributed by atoms with E-state index < -0.39 is 11.8 Å². The maximum absolute atomic E-state index is 12.7. The number of rotatable bonds is 4. The normalized spacial score (nSPS) is 19.6. The Morgan fingerprint density at radius 1 is 1.28 bits per heavy atom. The van der Waals surface area contributed by atoms with Crippen molar-refractivity contribution < 1.29 is 14.3 Å². The Kier molecular flexibility index (Phi) is 6.51. The number of methoxy groups -OCH3 is 1. The first kappa shape index (κ1) is 19.4. The molecule has 1 aromatic rings. The van der Waals surface area contributed by atoms with Crippen LogP contribution in [0.25, 0.3) is 0 Å². The summed E-state index contributed by atoms with van der Waals surface area (Å²) in [5.41, 5.74) is 0.148. The molecule has 0 radical (unpaired) electrons. The zero-order valence-electron chi connectivity index (χ0n) is 14.0. The van der Waals surface area contributed by atoms with E-state index in [1.165, 1.54) is 26.3 Å². The van der Waals surface area contributed by atoms with Gasteiger partial charge >= 0.3 is 0 Å². The van der Waals surface area contributed by atoms with Crippen LogP contribution in [0.3, 0.4) is 0 Å². The Morgan fingerprint density at radius 3 is 2.44 bits per heavy atom. The first-order valence-corrected chi connectivity index (χ1v) is 8.65. The summed E-state index contributed by atoms with van der Waals surface area (Å²) in [4.78, 5) is 26.0. The van der Waals surface area contributed by atoms with Gasteiger partial charge in [0, 0.05) is 13.1 Å². The maximum Gasteiger partial charge on any atom is 0.254 e. The number of carbonyl (C=O) groups is 2. The molecule has 2 rings (SSSR count). The Hall–Kier alpha value is -1.97. The molecule has 0 bridgehead atoms. The summed E-state index contributed by atoms with van der Waals surface area (Å²) in [6.07, 6.45) is 4.88. The smallest absolute Gasteiger partial charge is 0.254 e. The van der Waals surface area contributed by atoms with Gasteiger partial charge in [-0.1, -0.05) is 36.0 Å². The number of nitriles is 1. The van der Waals surface area contributed by atoms with Crippen LogP contribution in [0.1, 0.15) is 36.0 Å². The molecule has 1 N–H and O–H groups in total. The van der Waals surface area contributed by atoms with Crippen LogP contribution in [0, 0.1) is 17.4 Å². The van der Waals surface area contributed by atoms with E-state index in [1.807, 2.05) is 6.19 Å². The van der Waals surface area contributed by atoms with Gasteiger partial charge in [0.25, 0.3) is 5.91 Å². The predicted octanol–water partition coefficient (Wildman–Crippen LogP) is 3.23. The summed E-state index contributed by atoms with van der Waals surface area (Å²) in [5, 5.41) is 12.1. The third kappa shape index (κ3) is 4.36. The minimum Gasteiger partial charge on any atom is -0.497 e. The van der Waals surface area contributed by atoms with Crippen LogP contribution >= 0.6 is 23.2 Å². The number of amides is 2. The number of carbonyl (C=O) groups excluding carboxylic acids is 2. The van der Waals surface area contributed by atoms with Gasteiger partial charge in [-0.15, -0.1) is 0 Å². The van der Waals surface area contributed by atoms with Gasteiger partial charge in [-0.25, -0.2) is 0 Å². The third-order valence-electron chi connectivity index (χ3n) is 4.36. The molecular weight excluding hydrogens is 365 g/mol. The molecular formula is C17H19Cl2N3O3. The molecule has 1 aromatic carbocycles. The van der Waals surface area contributed by atoms with E-state index in [0.717, 1.165) is 17.7 Å². The van der Waals surface area contributed by atoms with Crippen LogP contribution in [0.2, 0.25) is 10.0 Å². The van der Waals surface area contributed by atoms with Crippen LogP contribution in [0.4, 0.5) is 0 Å². The average molecular weight is 384 g/mol. The lowest BCUT2D eigenvalue weighted by molar-refractivity contribution is -0.133. The highest BCUT2D eigenvalue weighted by Crippen LogP contribution is 2.31. The number of nitrogens with zero attached hydrogens (tertiary/aromatic N) is 2. The molecule has 0 aromatic heterocycles. The van der Waals surface area contributed by atoms with E-state index in [-0.39, 0.29) is 27.6 Å². The largest absolute Gasteiger partial charge is 0.497 e. The van der Waals surface area contributed by atoms with Gasteiger partial charge in [-0.05, 0) is 25.0 Å². The van der Waals surface area contributed by atoms with Gasteiger partial charge in [0.15, 0.2) is 6.19 Å². The van der Waals surface area contributed by atoms with Crippen molar-refractivity contribution in [3.8, 4) is 11.9 Å². The molecule has 1 saturated carbocycles. The molecule has 1 aliphatic carbocycles. The van der Waals surface area contributed by atoms with Crippen molar-refractivity contribution in [2.45, 2.75) is 31.7 Å². The molecule has 6 nitrogen and oxygen atoms in total. The predicted molar refractivity (Wildman–Crippen MR) is 94.6 cm³/mol. The lowest BCUT2D eigenvalue weighted by atomic mass is 9.83. The van der Waals surface area contributed by atoms with E-state index in [2.05, 4.69) is 5.32 Å². The molecule has 25 heavy (non-hydrogen) atoms. The van der Waals surface area contributed by atoms with Gasteiger partial charge in [0.05, 0.1) is 28.6 Å². The van der Waals surface area contributed by atoms with Crippen molar-refractivity contribution in [1.82, 2.24) is 10.2 Å². The summed E-state index contributed by atoms with van der Waals surface area (Å²) >= 11 is 12.3. The van der Waals surface area contributed by atoms with Gasteiger partial charge in [0.2, 0.25) is 5.91 Å². The van der Waals surface area contributed by atoms with Crippen LogP contribution in [-0.2, 0) is 4.79 Å². The van der Waals surface area contributed by atoms with Gasteiger partial charge in [-0.2, -0.15) is 5.26 Å². The number of ether oxygens (including phenoxy) is 1. The molecule has 2 amide bonds. The van der Waals surface area contributed by atoms with Gasteiger partial charge < -0.3 is 10.1 Å². The fourth-order valence-corrected chi connectivity index (χ4v) is 3.66. The highest BCUT2D eigenvalue weighted by Gasteiger charge is 2.34. The van der Waals surface area contributed by atoms with Crippen molar-refractivity contribution in [1.29, 1.82) is 5.26 Å². The first-order chi connectivity index (χ1) is 11.9. The SMILES string of the molecule is COc1cc(Cl)c(C(=O)N[C@@H]2CCCC[C@H]2C(=O)N(C)C#N)c(Cl)c1. The number of halogens is 2. The van der Waals surface area contributed by atoms with E-state index in [0.29, 0.717) is 18.6 Å². The molecule has 0 saturated heterocycles. The average Bonchev–Trinajstić information content (AvgIpc) is 2.60. The Bertz CT molecular complexity index is 695. The second kappa shape index (κ2) is 8.41. The van der Waals surface area contributed by atoms with E-state index in [1.54, 1.807) is 0 Å². The lowest BCUT2D eigenvalue weighted by Crippen LogP contribution is -2.48. The Morgan fingerprint density at radius 2 is 1.88 bits per heavy atom. The molecule has 2 atom stereocenters. The summed E-state index contributed by atoms with van der Waals surface area (Å²) in [6, 6.07) is 2.66. The molecule has 1 aliphatic rings. The van der Waals surface area contributed by atoms with Crippen molar-refractivity contribution >= 4 is 35.0 Å². The fourth-order valence-electron chi connectivity index (χ4n) is 3.02. The van der Waals surface area contributed by atoms with Crippen LogP contribution < -0.4 is 10.1 Å². The van der Waals surface area contributed by atoms with Gasteiger partial charge in [-0.3, -0.25) is 14.5 Å². The van der Waals surface area contributed by atoms with Crippen LogP contribution in [0.15, 0.2) is 12.1 Å². The topological polar surface area (TPSA) is 82.4 Å². The zero-order chi connectivity index (χ0) is 18.6. The lowest BCUT2D eigenvalue weighted by Gasteiger charge is -2.32. The molecule has 0 spiro atoms. The number of hydrogen-bond acceptors (Lipinski definition) is 4. The molecule has 0 aliphatic heterocycles. The standard InChI is InChI=1S/C17H19Cl2N3O3/c1-22(9-20)17(24)11-5-3-4-6-14(11)21-16(23)15-12(18)7-10(25-2)8-13(15)19/h7-8,11,14H,3-6H2,1-2H3,(H,21,23)/t11-,14-/m1/s1. The number of nitrogens with one attached hydrogen (secondary N) is 1. The van der Waals surface area contributed by atoms with Crippen LogP contribution in [0.5, 0.6) is 5.75 Å². The monoisotopic (exact) mass is 383 g/mol. The molecule has 1 fully saturated rings. The summed E-state index contributed by atoms with van der Waals surface area (Å²) in [5.74, 6) is -0.715. The Labute approximate surface area is 156 Å². The van der Waals surface area contributed by atoms with Crippen LogP contribution in [-0.4, -0.2) is 36.9 Å². The van der Waals surface area contributed by atoms with E-state index in [4.69, 9.17) is 33.2 Å². The Balaban J connectivity index is 2.21. The second-order valence-corrected chi connectivity index (χ2v) is 6.75. The minimum absolute atomic E-state index is 0.148. The highest BCUT2D eigenvalue weighted by atomic mass is 35.5. The van der Waals surface area contributed by atoms with Crippen molar-refractivity contribution in [3.05, 3.63) is 27.7 Å². The summed E-state index contributed by atoms with van der Waals surface area (Å²) < 4.78 is 5.07. The summed E-state index contributed by atoms with van der Waals surface area (Å²) in [6.45, 7) is 0. The second-order valence-electron chi connectivity index (χ2n) is 5.93. The van der Waals surface area contributed by atoms with Gasteiger partial charge in [0.1, 0.15) is 5.75 Å². The first-order valence-electron chi connectivity index (χ1n) is 7.90. The summed E-state index contributed by atoms with van der Waals surface area (Å²) in [7, 11) is 2.90. The van der Waals surface area contributed by atoms with Crippen molar-refractivity contribution in [3.63, 3.8) is 0 Å². The quantitative estimate of drug-likeness (QED) is 0.638. The maximum atomic E-state index is 12.7. The van der Waals surface area contributed by atoms with Crippen molar-refractivity contribution in [2.75, 3.05) is 14.2 Å². The van der Waals surface area contributed by atoms with E-state index >= 15 is 0 Å². The van der Waals surface area contributed by atoms with E-state index in [9.17, 15) is 9.59 Å². The molecule has 8 heteroatoms. The molecule has 0 heterocycles. The number of hydrogen-bond donors (Lipinski definition) is 1. The minimum atomic E-state index is -0.443. The fraction of sp³-hybridized carbons (Fsp3) is 0.471.